The highest BCUT2D eigenvalue weighted by molar-refractivity contribution is 6.30. The van der Waals surface area contributed by atoms with Crippen molar-refractivity contribution in [2.24, 2.45) is 5.92 Å². The zero-order valence-corrected chi connectivity index (χ0v) is 15.2. The first-order valence-corrected chi connectivity index (χ1v) is 8.75. The van der Waals surface area contributed by atoms with Crippen LogP contribution in [0, 0.1) is 5.92 Å². The van der Waals surface area contributed by atoms with Crippen LogP contribution in [-0.4, -0.2) is 46.4 Å². The SMILES string of the molecule is CCC(C)(NC(=O)C1CCCN(C(=O)c2ccc(Cl)cc2)C1)C(=O)O. The van der Waals surface area contributed by atoms with Crippen LogP contribution in [0.15, 0.2) is 24.3 Å². The van der Waals surface area contributed by atoms with E-state index in [0.717, 1.165) is 0 Å². The molecular weight excluding hydrogens is 344 g/mol. The first kappa shape index (κ1) is 19.2. The first-order valence-electron chi connectivity index (χ1n) is 8.37. The molecule has 1 aromatic carbocycles. The Morgan fingerprint density at radius 3 is 2.52 bits per heavy atom. The summed E-state index contributed by atoms with van der Waals surface area (Å²) in [6.07, 6.45) is 1.62. The molecule has 25 heavy (non-hydrogen) atoms. The van der Waals surface area contributed by atoms with Crippen LogP contribution in [0.3, 0.4) is 0 Å². The van der Waals surface area contributed by atoms with Gasteiger partial charge in [0.05, 0.1) is 5.92 Å². The summed E-state index contributed by atoms with van der Waals surface area (Å²) < 4.78 is 0. The maximum absolute atomic E-state index is 12.6. The molecule has 1 saturated heterocycles. The van der Waals surface area contributed by atoms with Crippen molar-refractivity contribution in [3.05, 3.63) is 34.9 Å². The second-order valence-corrected chi connectivity index (χ2v) is 7.01. The lowest BCUT2D eigenvalue weighted by atomic mass is 9.93. The molecule has 1 aromatic rings. The monoisotopic (exact) mass is 366 g/mol. The minimum Gasteiger partial charge on any atom is -0.480 e. The Bertz CT molecular complexity index is 662. The van der Waals surface area contributed by atoms with Crippen LogP contribution < -0.4 is 5.32 Å². The quantitative estimate of drug-likeness (QED) is 0.838. The van der Waals surface area contributed by atoms with E-state index in [9.17, 15) is 19.5 Å². The summed E-state index contributed by atoms with van der Waals surface area (Å²) in [6, 6.07) is 6.63. The van der Waals surface area contributed by atoms with E-state index in [1.165, 1.54) is 6.92 Å². The molecule has 2 atom stereocenters. The maximum Gasteiger partial charge on any atom is 0.329 e. The van der Waals surface area contributed by atoms with Crippen LogP contribution >= 0.6 is 11.6 Å². The van der Waals surface area contributed by atoms with Crippen molar-refractivity contribution in [3.63, 3.8) is 0 Å². The summed E-state index contributed by atoms with van der Waals surface area (Å²) in [4.78, 5) is 38.1. The second kappa shape index (κ2) is 7.87. The lowest BCUT2D eigenvalue weighted by Gasteiger charge is -2.34. The maximum atomic E-state index is 12.6. The van der Waals surface area contributed by atoms with Crippen molar-refractivity contribution in [2.45, 2.75) is 38.6 Å². The second-order valence-electron chi connectivity index (χ2n) is 6.58. The zero-order valence-electron chi connectivity index (χ0n) is 14.4. The fraction of sp³-hybridized carbons (Fsp3) is 0.500. The van der Waals surface area contributed by atoms with Gasteiger partial charge in [0.25, 0.3) is 5.91 Å². The van der Waals surface area contributed by atoms with Crippen molar-refractivity contribution in [3.8, 4) is 0 Å². The summed E-state index contributed by atoms with van der Waals surface area (Å²) in [6.45, 7) is 4.07. The van der Waals surface area contributed by atoms with Gasteiger partial charge in [-0.15, -0.1) is 0 Å². The van der Waals surface area contributed by atoms with E-state index in [2.05, 4.69) is 5.32 Å². The van der Waals surface area contributed by atoms with Crippen LogP contribution in [0.4, 0.5) is 0 Å². The van der Waals surface area contributed by atoms with Gasteiger partial charge in [0.15, 0.2) is 0 Å². The Morgan fingerprint density at radius 1 is 1.32 bits per heavy atom. The number of carbonyl (C=O) groups excluding carboxylic acids is 2. The highest BCUT2D eigenvalue weighted by Gasteiger charge is 2.36. The molecule has 2 N–H and O–H groups in total. The minimum absolute atomic E-state index is 0.148. The van der Waals surface area contributed by atoms with Crippen molar-refractivity contribution in [2.75, 3.05) is 13.1 Å². The van der Waals surface area contributed by atoms with E-state index >= 15 is 0 Å². The van der Waals surface area contributed by atoms with Gasteiger partial charge in [0.2, 0.25) is 5.91 Å². The van der Waals surface area contributed by atoms with Crippen LogP contribution in [0.2, 0.25) is 5.02 Å². The number of likely N-dealkylation sites (tertiary alicyclic amines) is 1. The zero-order chi connectivity index (χ0) is 18.6. The van der Waals surface area contributed by atoms with E-state index < -0.39 is 17.4 Å². The van der Waals surface area contributed by atoms with Gasteiger partial charge in [0.1, 0.15) is 5.54 Å². The summed E-state index contributed by atoms with van der Waals surface area (Å²) in [5.74, 6) is -1.94. The van der Waals surface area contributed by atoms with Crippen LogP contribution in [-0.2, 0) is 9.59 Å². The summed E-state index contributed by atoms with van der Waals surface area (Å²) >= 11 is 5.84. The predicted octanol–water partition coefficient (Wildman–Crippen LogP) is 2.56. The van der Waals surface area contributed by atoms with Gasteiger partial charge in [-0.25, -0.2) is 4.79 Å². The average Bonchev–Trinajstić information content (AvgIpc) is 2.61. The molecule has 1 aliphatic rings. The number of nitrogens with zero attached hydrogens (tertiary/aromatic N) is 1. The fourth-order valence-electron chi connectivity index (χ4n) is 2.82. The third kappa shape index (κ3) is 4.51. The number of carbonyl (C=O) groups is 3. The molecule has 0 aromatic heterocycles. The molecular formula is C18H23ClN2O4. The number of carboxylic acids is 1. The number of halogens is 1. The van der Waals surface area contributed by atoms with E-state index in [1.807, 2.05) is 0 Å². The molecule has 0 radical (unpaired) electrons. The van der Waals surface area contributed by atoms with Gasteiger partial charge in [-0.1, -0.05) is 18.5 Å². The highest BCUT2D eigenvalue weighted by atomic mass is 35.5. The van der Waals surface area contributed by atoms with E-state index in [1.54, 1.807) is 36.1 Å². The first-order chi connectivity index (χ1) is 11.8. The van der Waals surface area contributed by atoms with E-state index in [-0.39, 0.29) is 24.8 Å². The van der Waals surface area contributed by atoms with Gasteiger partial charge in [-0.05, 0) is 50.5 Å². The Labute approximate surface area is 152 Å². The summed E-state index contributed by atoms with van der Waals surface area (Å²) in [7, 11) is 0. The molecule has 0 aliphatic carbocycles. The standard InChI is InChI=1S/C18H23ClN2O4/c1-3-18(2,17(24)25)20-15(22)13-5-4-10-21(11-13)16(23)12-6-8-14(19)9-7-12/h6-9,13H,3-5,10-11H2,1-2H3,(H,20,22)(H,24,25). The third-order valence-electron chi connectivity index (χ3n) is 4.75. The van der Waals surface area contributed by atoms with Crippen molar-refractivity contribution < 1.29 is 19.5 Å². The normalized spacial score (nSPS) is 19.8. The van der Waals surface area contributed by atoms with Crippen molar-refractivity contribution in [1.29, 1.82) is 0 Å². The Kier molecular flexibility index (Phi) is 6.06. The number of piperidine rings is 1. The highest BCUT2D eigenvalue weighted by Crippen LogP contribution is 2.21. The number of hydrogen-bond donors (Lipinski definition) is 2. The number of amides is 2. The summed E-state index contributed by atoms with van der Waals surface area (Å²) in [5.41, 5.74) is -0.770. The molecule has 1 fully saturated rings. The number of carboxylic acid groups (broad SMARTS) is 1. The number of hydrogen-bond acceptors (Lipinski definition) is 3. The Balaban J connectivity index is 2.05. The van der Waals surface area contributed by atoms with Gasteiger partial charge in [-0.2, -0.15) is 0 Å². The van der Waals surface area contributed by atoms with Crippen molar-refractivity contribution >= 4 is 29.4 Å². The van der Waals surface area contributed by atoms with Gasteiger partial charge >= 0.3 is 5.97 Å². The topological polar surface area (TPSA) is 86.7 Å². The van der Waals surface area contributed by atoms with E-state index in [4.69, 9.17) is 11.6 Å². The van der Waals surface area contributed by atoms with Gasteiger partial charge < -0.3 is 15.3 Å². The molecule has 2 rings (SSSR count). The molecule has 7 heteroatoms. The number of nitrogens with one attached hydrogen (secondary N) is 1. The third-order valence-corrected chi connectivity index (χ3v) is 5.00. The predicted molar refractivity (Wildman–Crippen MR) is 94.6 cm³/mol. The summed E-state index contributed by atoms with van der Waals surface area (Å²) in [5, 5.41) is 12.5. The largest absolute Gasteiger partial charge is 0.480 e. The Hall–Kier alpha value is -2.08. The van der Waals surface area contributed by atoms with Crippen LogP contribution in [0.1, 0.15) is 43.5 Å². The number of aliphatic carboxylic acids is 1. The molecule has 0 spiro atoms. The molecule has 2 unspecified atom stereocenters. The fourth-order valence-corrected chi connectivity index (χ4v) is 2.94. The molecule has 2 amide bonds. The molecule has 0 bridgehead atoms. The van der Waals surface area contributed by atoms with Crippen LogP contribution in [0.25, 0.3) is 0 Å². The molecule has 1 aliphatic heterocycles. The lowest BCUT2D eigenvalue weighted by Crippen LogP contribution is -2.55. The molecule has 136 valence electrons. The lowest BCUT2D eigenvalue weighted by molar-refractivity contribution is -0.148. The number of benzene rings is 1. The van der Waals surface area contributed by atoms with Gasteiger partial charge in [-0.3, -0.25) is 9.59 Å². The van der Waals surface area contributed by atoms with Crippen LogP contribution in [0.5, 0.6) is 0 Å². The van der Waals surface area contributed by atoms with Gasteiger partial charge in [0, 0.05) is 23.7 Å². The molecule has 6 nitrogen and oxygen atoms in total. The average molecular weight is 367 g/mol. The molecule has 1 heterocycles. The molecule has 0 saturated carbocycles. The van der Waals surface area contributed by atoms with Crippen molar-refractivity contribution in [1.82, 2.24) is 10.2 Å². The smallest absolute Gasteiger partial charge is 0.329 e. The minimum atomic E-state index is -1.29. The van der Waals surface area contributed by atoms with E-state index in [0.29, 0.717) is 30.0 Å². The Morgan fingerprint density at radius 2 is 1.96 bits per heavy atom. The number of rotatable bonds is 5.